The lowest BCUT2D eigenvalue weighted by Gasteiger charge is -2.41. The van der Waals surface area contributed by atoms with Gasteiger partial charge in [0.05, 0.1) is 5.92 Å². The van der Waals surface area contributed by atoms with Crippen LogP contribution in [0.3, 0.4) is 0 Å². The molecule has 0 aromatic carbocycles. The zero-order chi connectivity index (χ0) is 24.9. The van der Waals surface area contributed by atoms with E-state index in [9.17, 15) is 4.79 Å². The molecule has 6 rings (SSSR count). The summed E-state index contributed by atoms with van der Waals surface area (Å²) in [5.41, 5.74) is 2.81. The first kappa shape index (κ1) is 24.4. The highest BCUT2D eigenvalue weighted by atomic mass is 35.5. The smallest absolute Gasteiger partial charge is 0.227 e. The van der Waals surface area contributed by atoms with Crippen molar-refractivity contribution in [1.82, 2.24) is 20.2 Å². The average Bonchev–Trinajstić information content (AvgIpc) is 3.62. The second kappa shape index (κ2) is 9.75. The van der Waals surface area contributed by atoms with Crippen LogP contribution >= 0.6 is 11.6 Å². The van der Waals surface area contributed by atoms with E-state index in [1.807, 2.05) is 6.08 Å². The van der Waals surface area contributed by atoms with Crippen LogP contribution in [0.25, 0.3) is 0 Å². The van der Waals surface area contributed by atoms with Crippen LogP contribution in [0.1, 0.15) is 76.0 Å². The monoisotopic (exact) mass is 509 g/mol. The van der Waals surface area contributed by atoms with Gasteiger partial charge in [0, 0.05) is 54.0 Å². The number of nitrogens with one attached hydrogen (secondary N) is 1. The lowest BCUT2D eigenvalue weighted by molar-refractivity contribution is -0.138. The molecule has 5 atom stereocenters. The van der Waals surface area contributed by atoms with Crippen molar-refractivity contribution in [1.29, 1.82) is 0 Å². The van der Waals surface area contributed by atoms with Gasteiger partial charge in [-0.2, -0.15) is 0 Å². The predicted octanol–water partition coefficient (Wildman–Crippen LogP) is 4.80. The molecular weight excluding hydrogens is 470 g/mol. The third kappa shape index (κ3) is 4.38. The zero-order valence-electron chi connectivity index (χ0n) is 21.8. The third-order valence-electron chi connectivity index (χ3n) is 9.77. The molecule has 2 saturated heterocycles. The number of anilines is 1. The van der Waals surface area contributed by atoms with Crippen LogP contribution in [-0.4, -0.2) is 58.5 Å². The number of hydrogen-bond acceptors (Lipinski definition) is 5. The normalized spacial score (nSPS) is 32.1. The highest BCUT2D eigenvalue weighted by Gasteiger charge is 2.48. The van der Waals surface area contributed by atoms with Crippen molar-refractivity contribution in [2.45, 2.75) is 82.7 Å². The fourth-order valence-electron chi connectivity index (χ4n) is 7.76. The van der Waals surface area contributed by atoms with E-state index in [2.05, 4.69) is 46.1 Å². The van der Waals surface area contributed by atoms with Crippen molar-refractivity contribution in [2.75, 3.05) is 31.1 Å². The maximum absolute atomic E-state index is 14.3. The predicted molar refractivity (Wildman–Crippen MR) is 144 cm³/mol. The molecule has 0 bridgehead atoms. The molecule has 3 heterocycles. The highest BCUT2D eigenvalue weighted by Crippen LogP contribution is 2.44. The molecule has 6 nitrogen and oxygen atoms in total. The van der Waals surface area contributed by atoms with Crippen molar-refractivity contribution in [3.63, 3.8) is 0 Å². The SMILES string of the molecule is CC1C=C(Cl)C=CC1[C@H](C(=O)N1CCN(c2ncnc3c2[C@H](C)CC3)CC1)[C@@H]1CCC2(CCCC2)N1. The fraction of sp³-hybridized carbons (Fsp3) is 0.690. The quantitative estimate of drug-likeness (QED) is 0.631. The lowest BCUT2D eigenvalue weighted by Crippen LogP contribution is -2.56. The average molecular weight is 510 g/mol. The first-order chi connectivity index (χ1) is 17.4. The Morgan fingerprint density at radius 3 is 2.64 bits per heavy atom. The van der Waals surface area contributed by atoms with Gasteiger partial charge in [0.2, 0.25) is 5.91 Å². The molecule has 5 aliphatic rings. The molecule has 0 radical (unpaired) electrons. The molecular formula is C29H40ClN5O. The maximum atomic E-state index is 14.3. The van der Waals surface area contributed by atoms with Crippen LogP contribution in [-0.2, 0) is 11.2 Å². The summed E-state index contributed by atoms with van der Waals surface area (Å²) in [6.07, 6.45) is 17.7. The van der Waals surface area contributed by atoms with Crippen molar-refractivity contribution >= 4 is 23.3 Å². The number of amides is 1. The summed E-state index contributed by atoms with van der Waals surface area (Å²) in [5, 5.41) is 4.81. The number of rotatable bonds is 4. The van der Waals surface area contributed by atoms with E-state index in [0.29, 0.717) is 11.8 Å². The molecule has 1 N–H and O–H groups in total. The minimum Gasteiger partial charge on any atom is -0.353 e. The summed E-state index contributed by atoms with van der Waals surface area (Å²) in [4.78, 5) is 28.0. The Kier molecular flexibility index (Phi) is 6.62. The number of allylic oxidation sites excluding steroid dienone is 4. The number of aromatic nitrogens is 2. The van der Waals surface area contributed by atoms with Crippen LogP contribution in [0, 0.1) is 17.8 Å². The Labute approximate surface area is 220 Å². The van der Waals surface area contributed by atoms with Gasteiger partial charge in [0.1, 0.15) is 12.1 Å². The van der Waals surface area contributed by atoms with Crippen molar-refractivity contribution in [3.8, 4) is 0 Å². The van der Waals surface area contributed by atoms with Gasteiger partial charge < -0.3 is 15.1 Å². The number of hydrogen-bond donors (Lipinski definition) is 1. The molecule has 1 spiro atoms. The highest BCUT2D eigenvalue weighted by molar-refractivity contribution is 6.31. The molecule has 194 valence electrons. The molecule has 1 aromatic rings. The Bertz CT molecular complexity index is 1060. The zero-order valence-corrected chi connectivity index (χ0v) is 22.5. The largest absolute Gasteiger partial charge is 0.353 e. The second-order valence-corrected chi connectivity index (χ2v) is 12.4. The van der Waals surface area contributed by atoms with Crippen LogP contribution < -0.4 is 10.2 Å². The second-order valence-electron chi connectivity index (χ2n) is 12.0. The van der Waals surface area contributed by atoms with Gasteiger partial charge in [-0.1, -0.05) is 50.4 Å². The van der Waals surface area contributed by atoms with E-state index >= 15 is 0 Å². The van der Waals surface area contributed by atoms with Gasteiger partial charge in [0.25, 0.3) is 0 Å². The molecule has 3 aliphatic carbocycles. The van der Waals surface area contributed by atoms with Crippen molar-refractivity contribution < 1.29 is 4.79 Å². The number of piperazine rings is 1. The Morgan fingerprint density at radius 2 is 1.89 bits per heavy atom. The third-order valence-corrected chi connectivity index (χ3v) is 10.0. The number of nitrogens with zero attached hydrogens (tertiary/aromatic N) is 4. The minimum absolute atomic E-state index is 0.0490. The number of fused-ring (bicyclic) bond motifs is 1. The van der Waals surface area contributed by atoms with Crippen molar-refractivity contribution in [3.05, 3.63) is 40.8 Å². The van der Waals surface area contributed by atoms with E-state index in [4.69, 9.17) is 16.6 Å². The summed E-state index contributed by atoms with van der Waals surface area (Å²) in [7, 11) is 0. The number of carbonyl (C=O) groups excluding carboxylic acids is 1. The van der Waals surface area contributed by atoms with Gasteiger partial charge in [-0.05, 0) is 62.4 Å². The standard InChI is InChI=1S/C29H40ClN5O/c1-19-5-8-23-25(19)27(32-18-31-23)34-13-15-35(16-14-34)28(36)26(22-7-6-21(30)17-20(22)2)24-9-12-29(33-24)10-3-4-11-29/h6-7,17-20,22,24,26,33H,3-5,8-16H2,1-2H3/t19-,20?,22?,24+,26+/m1/s1. The first-order valence-corrected chi connectivity index (χ1v) is 14.5. The van der Waals surface area contributed by atoms with Gasteiger partial charge in [0.15, 0.2) is 0 Å². The minimum atomic E-state index is -0.0490. The van der Waals surface area contributed by atoms with E-state index in [1.54, 1.807) is 6.33 Å². The molecule has 2 unspecified atom stereocenters. The van der Waals surface area contributed by atoms with E-state index in [1.165, 1.54) is 43.4 Å². The number of halogens is 1. The van der Waals surface area contributed by atoms with Crippen LogP contribution in [0.4, 0.5) is 5.82 Å². The Morgan fingerprint density at radius 1 is 1.11 bits per heavy atom. The van der Waals surface area contributed by atoms with Gasteiger partial charge in [-0.15, -0.1) is 0 Å². The van der Waals surface area contributed by atoms with Crippen LogP contribution in [0.2, 0.25) is 0 Å². The Balaban J connectivity index is 1.19. The molecule has 36 heavy (non-hydrogen) atoms. The number of carbonyl (C=O) groups is 1. The van der Waals surface area contributed by atoms with Crippen LogP contribution in [0.15, 0.2) is 29.6 Å². The molecule has 7 heteroatoms. The van der Waals surface area contributed by atoms with E-state index in [-0.39, 0.29) is 29.3 Å². The molecule has 1 aromatic heterocycles. The van der Waals surface area contributed by atoms with E-state index in [0.717, 1.165) is 56.3 Å². The topological polar surface area (TPSA) is 61.4 Å². The molecule has 3 fully saturated rings. The van der Waals surface area contributed by atoms with Crippen LogP contribution in [0.5, 0.6) is 0 Å². The Hall–Kier alpha value is -1.92. The fourth-order valence-corrected chi connectivity index (χ4v) is 8.03. The van der Waals surface area contributed by atoms with Crippen molar-refractivity contribution in [2.24, 2.45) is 17.8 Å². The lowest BCUT2D eigenvalue weighted by atomic mass is 9.75. The van der Waals surface area contributed by atoms with Gasteiger partial charge in [-0.25, -0.2) is 9.97 Å². The summed E-state index contributed by atoms with van der Waals surface area (Å²) in [6, 6.07) is 0.238. The summed E-state index contributed by atoms with van der Waals surface area (Å²) >= 11 is 6.34. The molecule has 1 amide bonds. The molecule has 1 saturated carbocycles. The van der Waals surface area contributed by atoms with Gasteiger partial charge >= 0.3 is 0 Å². The van der Waals surface area contributed by atoms with E-state index < -0.39 is 0 Å². The molecule has 2 aliphatic heterocycles. The maximum Gasteiger partial charge on any atom is 0.227 e. The summed E-state index contributed by atoms with van der Waals surface area (Å²) < 4.78 is 0. The van der Waals surface area contributed by atoms with Gasteiger partial charge in [-0.3, -0.25) is 4.79 Å². The summed E-state index contributed by atoms with van der Waals surface area (Å²) in [6.45, 7) is 7.67. The number of aryl methyl sites for hydroxylation is 1. The summed E-state index contributed by atoms with van der Waals surface area (Å²) in [5.74, 6) is 2.31. The first-order valence-electron chi connectivity index (χ1n) is 14.1.